The minimum absolute atomic E-state index is 0.0220. The number of furan rings is 1. The van der Waals surface area contributed by atoms with E-state index in [1.54, 1.807) is 22.3 Å². The fraction of sp³-hybridized carbons (Fsp3) is 0.324. The minimum atomic E-state index is -0.465. The summed E-state index contributed by atoms with van der Waals surface area (Å²) in [5.74, 6) is 0. The maximum Gasteiger partial charge on any atom is 0.144 e. The van der Waals surface area contributed by atoms with Crippen LogP contribution in [0.15, 0.2) is 332 Å². The van der Waals surface area contributed by atoms with Crippen molar-refractivity contribution in [2.75, 3.05) is 9.80 Å². The van der Waals surface area contributed by atoms with Gasteiger partial charge in [0.05, 0.1) is 0 Å². The first-order chi connectivity index (χ1) is 70.8. The highest BCUT2D eigenvalue weighted by molar-refractivity contribution is 6.21. The maximum absolute atomic E-state index is 7.40. The molecule has 6 aliphatic rings. The Hall–Kier alpha value is -13.1. The molecule has 0 fully saturated rings. The number of fused-ring (bicyclic) bond motifs is 24. The van der Waals surface area contributed by atoms with Gasteiger partial charge in [0.25, 0.3) is 0 Å². The van der Waals surface area contributed by atoms with Crippen LogP contribution in [-0.4, -0.2) is 0 Å². The highest BCUT2D eigenvalue weighted by atomic mass is 16.3. The van der Waals surface area contributed by atoms with Crippen LogP contribution in [0.1, 0.15) is 330 Å². The molecule has 23 rings (SSSR count). The first-order valence-electron chi connectivity index (χ1n) is 56.1. The van der Waals surface area contributed by atoms with Crippen LogP contribution < -0.4 is 9.80 Å². The van der Waals surface area contributed by atoms with Crippen molar-refractivity contribution in [2.24, 2.45) is 0 Å². The summed E-state index contributed by atoms with van der Waals surface area (Å²) in [4.78, 5) is 4.94. The van der Waals surface area contributed by atoms with Gasteiger partial charge in [0, 0.05) is 83.0 Å². The number of benzene rings is 16. The Morgan fingerprint density at radius 3 is 0.834 bits per heavy atom. The van der Waals surface area contributed by atoms with E-state index in [4.69, 9.17) is 4.42 Å². The minimum Gasteiger partial charge on any atom is -0.455 e. The molecule has 0 unspecified atom stereocenters. The summed E-state index contributed by atoms with van der Waals surface area (Å²) in [6.07, 6.45) is 36.4. The zero-order valence-corrected chi connectivity index (χ0v) is 88.3. The average Bonchev–Trinajstić information content (AvgIpc) is 1.50. The number of para-hydroxylation sites is 3. The maximum atomic E-state index is 7.40. The molecular formula is C142H146N2O. The Labute approximate surface area is 865 Å². The molecule has 16 aromatic carbocycles. The van der Waals surface area contributed by atoms with Crippen LogP contribution in [0.5, 0.6) is 0 Å². The van der Waals surface area contributed by atoms with Gasteiger partial charge in [-0.2, -0.15) is 0 Å². The summed E-state index contributed by atoms with van der Waals surface area (Å²) in [7, 11) is 0. The van der Waals surface area contributed by atoms with Crippen LogP contribution in [0.2, 0.25) is 0 Å². The molecule has 0 spiro atoms. The summed E-state index contributed by atoms with van der Waals surface area (Å²) >= 11 is 0. The predicted molar refractivity (Wildman–Crippen MR) is 619 cm³/mol. The molecule has 0 N–H and O–H groups in total. The van der Waals surface area contributed by atoms with E-state index in [0.717, 1.165) is 50.7 Å². The molecule has 6 aliphatic carbocycles. The molecule has 0 atom stereocenters. The van der Waals surface area contributed by atoms with E-state index in [0.29, 0.717) is 0 Å². The topological polar surface area (TPSA) is 19.6 Å². The van der Waals surface area contributed by atoms with Crippen LogP contribution >= 0.6 is 0 Å². The van der Waals surface area contributed by atoms with Crippen LogP contribution in [0.4, 0.5) is 34.1 Å². The van der Waals surface area contributed by atoms with E-state index in [-0.39, 0.29) is 21.7 Å². The van der Waals surface area contributed by atoms with Crippen LogP contribution in [0, 0.1) is 0 Å². The SMILES string of the molecule is CCCCCCCCC1(CCCCCCCC)c2ccccc2-c2ccc(-c3ccc4c(c3)C(C)(C)c3cc(-c5ccc(N(c6ccc(-c7ccc8c(c7)C(C)(C)c7cc(-c9ccc%10c(c9)C(CCCCCCCC)(CCCCCCCC)c9ccccc9-%10)ccc7-8)cc6)c6ccc7c(c6)C(C)(C)c6c8c(c9c(oc%10ccccc%109)c6-7)-c6ccc(N(c7ccccc7)c7ccccc7)cc6C8(C)C)cc5)ccc3-4)cc21. The number of hydrogen-bond donors (Lipinski definition) is 0. The van der Waals surface area contributed by atoms with Crippen molar-refractivity contribution in [2.45, 2.75) is 295 Å². The summed E-state index contributed by atoms with van der Waals surface area (Å²) in [5, 5.41) is 2.35. The third kappa shape index (κ3) is 16.4. The molecule has 3 heteroatoms. The summed E-state index contributed by atoms with van der Waals surface area (Å²) in [6.45, 7) is 29.2. The van der Waals surface area contributed by atoms with E-state index in [1.165, 1.54) is 341 Å². The summed E-state index contributed by atoms with van der Waals surface area (Å²) in [6, 6.07) is 128. The van der Waals surface area contributed by atoms with Gasteiger partial charge in [0.1, 0.15) is 11.2 Å². The van der Waals surface area contributed by atoms with E-state index >= 15 is 0 Å². The number of hydrogen-bond acceptors (Lipinski definition) is 3. The van der Waals surface area contributed by atoms with Crippen molar-refractivity contribution < 1.29 is 4.42 Å². The van der Waals surface area contributed by atoms with Crippen LogP contribution in [0.3, 0.4) is 0 Å². The van der Waals surface area contributed by atoms with Crippen molar-refractivity contribution in [1.82, 2.24) is 0 Å². The lowest BCUT2D eigenvalue weighted by Crippen LogP contribution is -2.25. The van der Waals surface area contributed by atoms with E-state index in [1.807, 2.05) is 0 Å². The molecule has 1 aromatic heterocycles. The van der Waals surface area contributed by atoms with Gasteiger partial charge < -0.3 is 14.2 Å². The largest absolute Gasteiger partial charge is 0.455 e. The Balaban J connectivity index is 0.588. The van der Waals surface area contributed by atoms with Gasteiger partial charge in [-0.3, -0.25) is 0 Å². The highest BCUT2D eigenvalue weighted by Crippen LogP contribution is 2.66. The molecule has 0 amide bonds. The van der Waals surface area contributed by atoms with Gasteiger partial charge in [-0.05, 0) is 313 Å². The first kappa shape index (κ1) is 95.4. The molecule has 0 aliphatic heterocycles. The smallest absolute Gasteiger partial charge is 0.144 e. The molecule has 17 aromatic rings. The predicted octanol–water partition coefficient (Wildman–Crippen LogP) is 42.0. The zero-order chi connectivity index (χ0) is 99.1. The Morgan fingerprint density at radius 2 is 0.462 bits per heavy atom. The van der Waals surface area contributed by atoms with Crippen molar-refractivity contribution in [3.05, 3.63) is 394 Å². The number of rotatable bonds is 38. The second kappa shape index (κ2) is 39.0. The van der Waals surface area contributed by atoms with E-state index in [2.05, 4.69) is 420 Å². The molecule has 0 bridgehead atoms. The van der Waals surface area contributed by atoms with E-state index < -0.39 is 10.8 Å². The normalized spacial score (nSPS) is 15.0. The zero-order valence-electron chi connectivity index (χ0n) is 88.3. The quantitative estimate of drug-likeness (QED) is 0.0360. The molecule has 145 heavy (non-hydrogen) atoms. The lowest BCUT2D eigenvalue weighted by atomic mass is 9.70. The summed E-state index contributed by atoms with van der Waals surface area (Å²) < 4.78 is 7.40. The number of anilines is 6. The van der Waals surface area contributed by atoms with Crippen molar-refractivity contribution in [3.8, 4) is 111 Å². The Kier molecular flexibility index (Phi) is 25.7. The number of nitrogens with zero attached hydrogens (tertiary/aromatic N) is 2. The van der Waals surface area contributed by atoms with Crippen molar-refractivity contribution in [3.63, 3.8) is 0 Å². The monoisotopic (exact) mass is 1900 g/mol. The second-order valence-electron chi connectivity index (χ2n) is 46.1. The lowest BCUT2D eigenvalue weighted by Gasteiger charge is -2.33. The van der Waals surface area contributed by atoms with E-state index in [9.17, 15) is 0 Å². The molecule has 1 heterocycles. The molecule has 730 valence electrons. The fourth-order valence-corrected chi connectivity index (χ4v) is 28.1. The third-order valence-electron chi connectivity index (χ3n) is 35.8. The van der Waals surface area contributed by atoms with Gasteiger partial charge in [-0.1, -0.05) is 450 Å². The third-order valence-corrected chi connectivity index (χ3v) is 35.8. The molecular weight excluding hydrogens is 1750 g/mol. The highest BCUT2D eigenvalue weighted by Gasteiger charge is 2.51. The van der Waals surface area contributed by atoms with Gasteiger partial charge in [0.2, 0.25) is 0 Å². The van der Waals surface area contributed by atoms with Gasteiger partial charge in [0.15, 0.2) is 0 Å². The Morgan fingerprint density at radius 1 is 0.200 bits per heavy atom. The Bertz CT molecular complexity index is 7370. The number of unbranched alkanes of at least 4 members (excludes halogenated alkanes) is 20. The van der Waals surface area contributed by atoms with Gasteiger partial charge >= 0.3 is 0 Å². The molecule has 0 saturated heterocycles. The van der Waals surface area contributed by atoms with Crippen LogP contribution in [-0.2, 0) is 32.5 Å². The second-order valence-corrected chi connectivity index (χ2v) is 46.1. The standard InChI is InChI=1S/C142H146N2O/c1-13-17-21-25-29-45-83-141(84-46-30-26-22-18-14-2)120-56-42-39-53-109(120)115-79-67-101(91-128(115)141)99-65-77-113-111-75-63-97(87-122(111)137(5,6)124(113)89-99)95-59-69-105(70-60-95)144(108-74-82-118-127(94-108)140(11,12)135-133(118)136-132(119-55-41-44-58-130(119)145-136)131-117-81-73-107(93-126(117)139(9,10)134(131)135)143(103-49-35-33-36-50-103)104-51-37-34-38-52-104)106-71-61-96(62-72-106)98-64-76-112-114-78-66-100(90-125(114)138(7,8)123(112)88-98)102-68-80-116-110-54-40-43-57-121(110)142(129(116)92-102,85-47-31-27-23-19-15-3)86-48-32-28-24-20-16-4/h33-44,49-82,87-94H,13-32,45-48,83-86H2,1-12H3. The van der Waals surface area contributed by atoms with Crippen molar-refractivity contribution >= 4 is 56.1 Å². The molecule has 0 radical (unpaired) electrons. The van der Waals surface area contributed by atoms with Gasteiger partial charge in [-0.25, -0.2) is 0 Å². The lowest BCUT2D eigenvalue weighted by molar-refractivity contribution is 0.398. The average molecular weight is 1900 g/mol. The molecule has 3 nitrogen and oxygen atoms in total. The van der Waals surface area contributed by atoms with Gasteiger partial charge in [-0.15, -0.1) is 0 Å². The van der Waals surface area contributed by atoms with Crippen LogP contribution in [0.25, 0.3) is 133 Å². The summed E-state index contributed by atoms with van der Waals surface area (Å²) in [5.41, 5.74) is 50.8. The molecule has 0 saturated carbocycles. The van der Waals surface area contributed by atoms with Crippen molar-refractivity contribution in [1.29, 1.82) is 0 Å². The fourth-order valence-electron chi connectivity index (χ4n) is 28.1. The first-order valence-corrected chi connectivity index (χ1v) is 56.1.